The number of carbonyl (C=O) groups is 1. The van der Waals surface area contributed by atoms with Crippen molar-refractivity contribution >= 4 is 5.97 Å². The monoisotopic (exact) mass is 210 g/mol. The minimum Gasteiger partial charge on any atom is -0.459 e. The van der Waals surface area contributed by atoms with E-state index in [0.717, 1.165) is 0 Å². The maximum absolute atomic E-state index is 12.4. The summed E-state index contributed by atoms with van der Waals surface area (Å²) in [6, 6.07) is 0. The molecule has 0 aliphatic heterocycles. The number of ether oxygens (including phenoxy) is 1. The molecule has 2 nitrogen and oxygen atoms in total. The average Bonchev–Trinajstić information content (AvgIpc) is 2.56. The standard InChI is InChI=1S/C9H13F3O2/c1-7(2,3)14-6(13)8(4-5-8)9(10,11)12/h4-5H2,1-3H3. The Balaban J connectivity index is 2.72. The number of esters is 1. The smallest absolute Gasteiger partial charge is 0.404 e. The van der Waals surface area contributed by atoms with Crippen molar-refractivity contribution in [2.75, 3.05) is 0 Å². The van der Waals surface area contributed by atoms with Crippen molar-refractivity contribution < 1.29 is 22.7 Å². The first-order valence-corrected chi connectivity index (χ1v) is 4.39. The number of rotatable bonds is 1. The molecule has 1 aliphatic carbocycles. The van der Waals surface area contributed by atoms with E-state index in [1.54, 1.807) is 20.8 Å². The number of halogens is 3. The normalized spacial score (nSPS) is 20.4. The van der Waals surface area contributed by atoms with E-state index >= 15 is 0 Å². The first-order valence-electron chi connectivity index (χ1n) is 4.39. The van der Waals surface area contributed by atoms with Gasteiger partial charge in [0.25, 0.3) is 0 Å². The number of carbonyl (C=O) groups excluding carboxylic acids is 1. The topological polar surface area (TPSA) is 26.3 Å². The van der Waals surface area contributed by atoms with Gasteiger partial charge < -0.3 is 4.74 Å². The Bertz CT molecular complexity index is 246. The molecule has 5 heteroatoms. The average molecular weight is 210 g/mol. The molecule has 0 N–H and O–H groups in total. The third kappa shape index (κ3) is 2.01. The first-order chi connectivity index (χ1) is 6.08. The van der Waals surface area contributed by atoms with Crippen molar-refractivity contribution in [2.45, 2.75) is 45.4 Å². The highest BCUT2D eigenvalue weighted by Crippen LogP contribution is 2.58. The van der Waals surface area contributed by atoms with Gasteiger partial charge in [0.1, 0.15) is 5.60 Å². The zero-order valence-corrected chi connectivity index (χ0v) is 8.36. The largest absolute Gasteiger partial charge is 0.459 e. The van der Waals surface area contributed by atoms with Gasteiger partial charge in [-0.25, -0.2) is 0 Å². The maximum atomic E-state index is 12.4. The summed E-state index contributed by atoms with van der Waals surface area (Å²) < 4.78 is 42.0. The van der Waals surface area contributed by atoms with Crippen LogP contribution in [0.5, 0.6) is 0 Å². The fraction of sp³-hybridized carbons (Fsp3) is 0.889. The molecule has 1 rings (SSSR count). The molecule has 0 aromatic carbocycles. The highest BCUT2D eigenvalue weighted by atomic mass is 19.4. The first kappa shape index (κ1) is 11.3. The van der Waals surface area contributed by atoms with Crippen LogP contribution in [0.1, 0.15) is 33.6 Å². The molecule has 0 atom stereocenters. The number of hydrogen-bond donors (Lipinski definition) is 0. The Morgan fingerprint density at radius 1 is 1.21 bits per heavy atom. The van der Waals surface area contributed by atoms with Gasteiger partial charge >= 0.3 is 12.1 Å². The summed E-state index contributed by atoms with van der Waals surface area (Å²) in [5, 5.41) is 0. The SMILES string of the molecule is CC(C)(C)OC(=O)C1(C(F)(F)F)CC1. The summed E-state index contributed by atoms with van der Waals surface area (Å²) in [7, 11) is 0. The molecule has 0 bridgehead atoms. The fourth-order valence-corrected chi connectivity index (χ4v) is 1.10. The molecule has 14 heavy (non-hydrogen) atoms. The van der Waals surface area contributed by atoms with Crippen molar-refractivity contribution in [3.8, 4) is 0 Å². The molecule has 0 spiro atoms. The third-order valence-corrected chi connectivity index (χ3v) is 2.08. The van der Waals surface area contributed by atoms with Gasteiger partial charge in [-0.05, 0) is 33.6 Å². The molecule has 1 saturated carbocycles. The van der Waals surface area contributed by atoms with Gasteiger partial charge in [0, 0.05) is 0 Å². The molecule has 0 saturated heterocycles. The van der Waals surface area contributed by atoms with Crippen LogP contribution in [0.3, 0.4) is 0 Å². The lowest BCUT2D eigenvalue weighted by Crippen LogP contribution is -2.38. The van der Waals surface area contributed by atoms with Gasteiger partial charge in [-0.1, -0.05) is 0 Å². The van der Waals surface area contributed by atoms with E-state index in [1.165, 1.54) is 0 Å². The van der Waals surface area contributed by atoms with Crippen LogP contribution in [0.2, 0.25) is 0 Å². The minimum absolute atomic E-state index is 0.147. The van der Waals surface area contributed by atoms with Crippen LogP contribution in [0.4, 0.5) is 13.2 Å². The molecule has 0 aromatic rings. The maximum Gasteiger partial charge on any atom is 0.404 e. The van der Waals surface area contributed by atoms with E-state index in [2.05, 4.69) is 0 Å². The lowest BCUT2D eigenvalue weighted by Gasteiger charge is -2.24. The second kappa shape index (κ2) is 2.87. The van der Waals surface area contributed by atoms with E-state index in [4.69, 9.17) is 4.74 Å². The fourth-order valence-electron chi connectivity index (χ4n) is 1.10. The molecule has 0 aromatic heterocycles. The Labute approximate surface area is 80.4 Å². The summed E-state index contributed by atoms with van der Waals surface area (Å²) in [5.74, 6) is -1.14. The van der Waals surface area contributed by atoms with Crippen molar-refractivity contribution in [2.24, 2.45) is 5.41 Å². The van der Waals surface area contributed by atoms with Gasteiger partial charge in [0.05, 0.1) is 0 Å². The van der Waals surface area contributed by atoms with Gasteiger partial charge in [0.2, 0.25) is 0 Å². The lowest BCUT2D eigenvalue weighted by molar-refractivity contribution is -0.213. The van der Waals surface area contributed by atoms with Crippen LogP contribution in [-0.4, -0.2) is 17.7 Å². The van der Waals surface area contributed by atoms with E-state index in [0.29, 0.717) is 0 Å². The zero-order chi connectivity index (χ0) is 11.2. The van der Waals surface area contributed by atoms with Crippen LogP contribution < -0.4 is 0 Å². The summed E-state index contributed by atoms with van der Waals surface area (Å²) in [6.45, 7) is 4.66. The van der Waals surface area contributed by atoms with Gasteiger partial charge in [-0.2, -0.15) is 13.2 Å². The number of hydrogen-bond acceptors (Lipinski definition) is 2. The summed E-state index contributed by atoms with van der Waals surface area (Å²) >= 11 is 0. The molecule has 82 valence electrons. The van der Waals surface area contributed by atoms with Crippen LogP contribution in [0, 0.1) is 5.41 Å². The van der Waals surface area contributed by atoms with E-state index in [1.807, 2.05) is 0 Å². The highest BCUT2D eigenvalue weighted by Gasteiger charge is 2.70. The van der Waals surface area contributed by atoms with Gasteiger partial charge in [-0.15, -0.1) is 0 Å². The Hall–Kier alpha value is -0.740. The van der Waals surface area contributed by atoms with Crippen molar-refractivity contribution in [3.05, 3.63) is 0 Å². The Morgan fingerprint density at radius 3 is 1.86 bits per heavy atom. The van der Waals surface area contributed by atoms with Crippen LogP contribution >= 0.6 is 0 Å². The molecule has 1 fully saturated rings. The molecule has 0 radical (unpaired) electrons. The lowest BCUT2D eigenvalue weighted by atomic mass is 10.1. The Kier molecular flexibility index (Phi) is 2.33. The van der Waals surface area contributed by atoms with Crippen LogP contribution in [0.15, 0.2) is 0 Å². The van der Waals surface area contributed by atoms with Crippen LogP contribution in [-0.2, 0) is 9.53 Å². The van der Waals surface area contributed by atoms with E-state index in [-0.39, 0.29) is 12.8 Å². The quantitative estimate of drug-likeness (QED) is 0.622. The second-order valence-electron chi connectivity index (χ2n) is 4.58. The predicted molar refractivity (Wildman–Crippen MR) is 43.6 cm³/mol. The van der Waals surface area contributed by atoms with Crippen molar-refractivity contribution in [3.63, 3.8) is 0 Å². The third-order valence-electron chi connectivity index (χ3n) is 2.08. The summed E-state index contributed by atoms with van der Waals surface area (Å²) in [6.07, 6.45) is -4.77. The summed E-state index contributed by atoms with van der Waals surface area (Å²) in [5.41, 5.74) is -3.07. The van der Waals surface area contributed by atoms with Crippen molar-refractivity contribution in [1.82, 2.24) is 0 Å². The Morgan fingerprint density at radius 2 is 1.64 bits per heavy atom. The minimum atomic E-state index is -4.48. The molecular weight excluding hydrogens is 197 g/mol. The predicted octanol–water partition coefficient (Wildman–Crippen LogP) is 2.67. The van der Waals surface area contributed by atoms with Crippen LogP contribution in [0.25, 0.3) is 0 Å². The van der Waals surface area contributed by atoms with Crippen molar-refractivity contribution in [1.29, 1.82) is 0 Å². The molecular formula is C9H13F3O2. The molecule has 0 unspecified atom stereocenters. The van der Waals surface area contributed by atoms with E-state index in [9.17, 15) is 18.0 Å². The zero-order valence-electron chi connectivity index (χ0n) is 8.36. The highest BCUT2D eigenvalue weighted by molar-refractivity contribution is 5.81. The summed E-state index contributed by atoms with van der Waals surface area (Å²) in [4.78, 5) is 11.2. The second-order valence-corrected chi connectivity index (χ2v) is 4.58. The van der Waals surface area contributed by atoms with E-state index < -0.39 is 23.2 Å². The molecule has 0 heterocycles. The van der Waals surface area contributed by atoms with Gasteiger partial charge in [-0.3, -0.25) is 4.79 Å². The molecule has 1 aliphatic rings. The van der Waals surface area contributed by atoms with Gasteiger partial charge in [0.15, 0.2) is 5.41 Å². The number of alkyl halides is 3. The molecule has 0 amide bonds.